The second-order valence-electron chi connectivity index (χ2n) is 5.65. The van der Waals surface area contributed by atoms with Gasteiger partial charge in [0.25, 0.3) is 0 Å². The summed E-state index contributed by atoms with van der Waals surface area (Å²) >= 11 is 0. The van der Waals surface area contributed by atoms with E-state index in [0.29, 0.717) is 12.0 Å². The molecule has 1 saturated carbocycles. The summed E-state index contributed by atoms with van der Waals surface area (Å²) in [6, 6.07) is 6.87. The van der Waals surface area contributed by atoms with Crippen molar-refractivity contribution in [3.05, 3.63) is 35.5 Å². The maximum Gasteiger partial charge on any atom is 0.0486 e. The smallest absolute Gasteiger partial charge is 0.0486 e. The third kappa shape index (κ3) is 1.95. The van der Waals surface area contributed by atoms with Crippen LogP contribution in [-0.2, 0) is 0 Å². The van der Waals surface area contributed by atoms with Gasteiger partial charge in [0.15, 0.2) is 0 Å². The first-order chi connectivity index (χ1) is 8.77. The molecule has 0 amide bonds. The average Bonchev–Trinajstić information content (AvgIpc) is 2.68. The highest BCUT2D eigenvalue weighted by Crippen LogP contribution is 2.35. The number of para-hydroxylation sites is 1. The van der Waals surface area contributed by atoms with E-state index >= 15 is 0 Å². The summed E-state index contributed by atoms with van der Waals surface area (Å²) in [7, 11) is 0. The van der Waals surface area contributed by atoms with Gasteiger partial charge in [-0.3, -0.25) is 0 Å². The first-order valence-electron chi connectivity index (χ1n) is 7.09. The van der Waals surface area contributed by atoms with Crippen LogP contribution in [0.5, 0.6) is 0 Å². The van der Waals surface area contributed by atoms with Gasteiger partial charge in [-0.25, -0.2) is 0 Å². The van der Waals surface area contributed by atoms with E-state index < -0.39 is 0 Å². The molecule has 2 heteroatoms. The molecule has 18 heavy (non-hydrogen) atoms. The van der Waals surface area contributed by atoms with Gasteiger partial charge in [-0.15, -0.1) is 0 Å². The monoisotopic (exact) mass is 242 g/mol. The van der Waals surface area contributed by atoms with Crippen LogP contribution in [0, 0.1) is 6.92 Å². The Bertz CT molecular complexity index is 541. The lowest BCUT2D eigenvalue weighted by atomic mass is 9.88. The van der Waals surface area contributed by atoms with Crippen molar-refractivity contribution in [3.8, 4) is 0 Å². The average molecular weight is 242 g/mol. The number of H-pyrrole nitrogens is 1. The van der Waals surface area contributed by atoms with Crippen LogP contribution in [0.2, 0.25) is 0 Å². The van der Waals surface area contributed by atoms with Crippen LogP contribution in [0.1, 0.15) is 49.1 Å². The van der Waals surface area contributed by atoms with Crippen molar-refractivity contribution in [2.24, 2.45) is 5.73 Å². The molecule has 96 valence electrons. The highest BCUT2D eigenvalue weighted by molar-refractivity contribution is 5.86. The minimum Gasteiger partial charge on any atom is -0.361 e. The fraction of sp³-hybridized carbons (Fsp3) is 0.500. The van der Waals surface area contributed by atoms with Gasteiger partial charge < -0.3 is 10.7 Å². The SMILES string of the molecule is Cc1cccc2c(C3CCCCCC3N)c[nH]c12. The molecule has 2 aromatic rings. The second-order valence-corrected chi connectivity index (χ2v) is 5.65. The van der Waals surface area contributed by atoms with Crippen molar-refractivity contribution in [1.29, 1.82) is 0 Å². The van der Waals surface area contributed by atoms with Gasteiger partial charge in [-0.05, 0) is 30.9 Å². The number of hydrogen-bond donors (Lipinski definition) is 2. The number of benzene rings is 1. The van der Waals surface area contributed by atoms with E-state index in [2.05, 4.69) is 36.3 Å². The molecule has 1 fully saturated rings. The molecule has 1 aliphatic carbocycles. The molecule has 2 unspecified atom stereocenters. The Morgan fingerprint density at radius 2 is 2.00 bits per heavy atom. The summed E-state index contributed by atoms with van der Waals surface area (Å²) in [6.45, 7) is 2.16. The van der Waals surface area contributed by atoms with E-state index in [9.17, 15) is 0 Å². The van der Waals surface area contributed by atoms with Crippen molar-refractivity contribution in [2.75, 3.05) is 0 Å². The largest absolute Gasteiger partial charge is 0.361 e. The lowest BCUT2D eigenvalue weighted by molar-refractivity contribution is 0.508. The predicted octanol–water partition coefficient (Wildman–Crippen LogP) is 3.85. The molecular formula is C16H22N2. The molecule has 0 spiro atoms. The molecule has 1 aliphatic rings. The summed E-state index contributed by atoms with van der Waals surface area (Å²) in [4.78, 5) is 3.44. The summed E-state index contributed by atoms with van der Waals surface area (Å²) in [5.41, 5.74) is 10.4. The molecule has 1 aromatic carbocycles. The summed E-state index contributed by atoms with van der Waals surface area (Å²) in [5, 5.41) is 1.37. The third-order valence-corrected chi connectivity index (χ3v) is 4.42. The summed E-state index contributed by atoms with van der Waals surface area (Å²) in [5.74, 6) is 0.531. The van der Waals surface area contributed by atoms with Crippen molar-refractivity contribution in [3.63, 3.8) is 0 Å². The Kier molecular flexibility index (Phi) is 3.13. The molecule has 0 saturated heterocycles. The third-order valence-electron chi connectivity index (χ3n) is 4.42. The molecule has 1 aromatic heterocycles. The summed E-state index contributed by atoms with van der Waals surface area (Å²) < 4.78 is 0. The van der Waals surface area contributed by atoms with Crippen molar-refractivity contribution in [1.82, 2.24) is 4.98 Å². The Morgan fingerprint density at radius 3 is 2.89 bits per heavy atom. The molecule has 1 heterocycles. The number of hydrogen-bond acceptors (Lipinski definition) is 1. The van der Waals surface area contributed by atoms with Crippen molar-refractivity contribution < 1.29 is 0 Å². The van der Waals surface area contributed by atoms with Gasteiger partial charge in [0, 0.05) is 29.1 Å². The molecule has 2 atom stereocenters. The maximum atomic E-state index is 6.39. The van der Waals surface area contributed by atoms with Crippen LogP contribution >= 0.6 is 0 Å². The maximum absolute atomic E-state index is 6.39. The summed E-state index contributed by atoms with van der Waals surface area (Å²) in [6.07, 6.45) is 8.54. The van der Waals surface area contributed by atoms with Gasteiger partial charge >= 0.3 is 0 Å². The minimum absolute atomic E-state index is 0.326. The topological polar surface area (TPSA) is 41.8 Å². The molecule has 0 bridgehead atoms. The van der Waals surface area contributed by atoms with Gasteiger partial charge in [-0.1, -0.05) is 37.5 Å². The molecule has 3 rings (SSSR count). The lowest BCUT2D eigenvalue weighted by Crippen LogP contribution is -2.27. The van der Waals surface area contributed by atoms with Crippen LogP contribution < -0.4 is 5.73 Å². The fourth-order valence-corrected chi connectivity index (χ4v) is 3.36. The normalized spacial score (nSPS) is 25.2. The molecule has 0 aliphatic heterocycles. The zero-order valence-corrected chi connectivity index (χ0v) is 11.1. The quantitative estimate of drug-likeness (QED) is 0.733. The van der Waals surface area contributed by atoms with Crippen molar-refractivity contribution >= 4 is 10.9 Å². The number of rotatable bonds is 1. The zero-order chi connectivity index (χ0) is 12.5. The Hall–Kier alpha value is -1.28. The predicted molar refractivity (Wildman–Crippen MR) is 76.8 cm³/mol. The van der Waals surface area contributed by atoms with Crippen molar-refractivity contribution in [2.45, 2.75) is 51.0 Å². The van der Waals surface area contributed by atoms with E-state index in [1.54, 1.807) is 0 Å². The number of nitrogens with one attached hydrogen (secondary N) is 1. The Labute approximate surface area is 109 Å². The standard InChI is InChI=1S/C16H22N2/c1-11-6-5-8-13-14(10-18-16(11)13)12-7-3-2-4-9-15(12)17/h5-6,8,10,12,15,18H,2-4,7,9,17H2,1H3. The van der Waals surface area contributed by atoms with Gasteiger partial charge in [0.05, 0.1) is 0 Å². The van der Waals surface area contributed by atoms with E-state index in [1.807, 2.05) is 0 Å². The molecule has 0 radical (unpaired) electrons. The van der Waals surface area contributed by atoms with Gasteiger partial charge in [-0.2, -0.15) is 0 Å². The van der Waals surface area contributed by atoms with E-state index in [-0.39, 0.29) is 0 Å². The number of nitrogens with two attached hydrogens (primary N) is 1. The minimum atomic E-state index is 0.326. The zero-order valence-electron chi connectivity index (χ0n) is 11.1. The molecule has 2 nitrogen and oxygen atoms in total. The van der Waals surface area contributed by atoms with Crippen LogP contribution in [0.4, 0.5) is 0 Å². The first-order valence-corrected chi connectivity index (χ1v) is 7.09. The van der Waals surface area contributed by atoms with Gasteiger partial charge in [0.1, 0.15) is 0 Å². The highest BCUT2D eigenvalue weighted by atomic mass is 14.7. The first kappa shape index (κ1) is 11.8. The molecule has 3 N–H and O–H groups in total. The van der Waals surface area contributed by atoms with Crippen LogP contribution in [-0.4, -0.2) is 11.0 Å². The number of aryl methyl sites for hydroxylation is 1. The number of aromatic nitrogens is 1. The Morgan fingerprint density at radius 1 is 1.17 bits per heavy atom. The number of fused-ring (bicyclic) bond motifs is 1. The van der Waals surface area contributed by atoms with E-state index in [0.717, 1.165) is 0 Å². The van der Waals surface area contributed by atoms with E-state index in [1.165, 1.54) is 54.1 Å². The Balaban J connectivity index is 2.05. The van der Waals surface area contributed by atoms with Crippen LogP contribution in [0.25, 0.3) is 10.9 Å². The van der Waals surface area contributed by atoms with Crippen LogP contribution in [0.15, 0.2) is 24.4 Å². The van der Waals surface area contributed by atoms with Gasteiger partial charge in [0.2, 0.25) is 0 Å². The fourth-order valence-electron chi connectivity index (χ4n) is 3.36. The number of aromatic amines is 1. The van der Waals surface area contributed by atoms with Crippen LogP contribution in [0.3, 0.4) is 0 Å². The molecular weight excluding hydrogens is 220 g/mol. The van der Waals surface area contributed by atoms with E-state index in [4.69, 9.17) is 5.73 Å². The lowest BCUT2D eigenvalue weighted by Gasteiger charge is -2.21. The highest BCUT2D eigenvalue weighted by Gasteiger charge is 2.24. The second kappa shape index (κ2) is 4.77.